The fourth-order valence-electron chi connectivity index (χ4n) is 2.03. The Kier molecular flexibility index (Phi) is 4.52. The number of nitrogens with zero attached hydrogens (tertiary/aromatic N) is 1. The van der Waals surface area contributed by atoms with Gasteiger partial charge in [-0.3, -0.25) is 0 Å². The molecule has 0 spiro atoms. The molecule has 2 rings (SSSR count). The van der Waals surface area contributed by atoms with Gasteiger partial charge in [-0.2, -0.15) is 5.26 Å². The Bertz CT molecular complexity index is 623. The van der Waals surface area contributed by atoms with E-state index in [1.165, 1.54) is 16.7 Å². The summed E-state index contributed by atoms with van der Waals surface area (Å²) in [7, 11) is 0. The summed E-state index contributed by atoms with van der Waals surface area (Å²) in [5, 5.41) is 9.71. The van der Waals surface area contributed by atoms with E-state index in [1.807, 2.05) is 12.1 Å². The van der Waals surface area contributed by atoms with Crippen LogP contribution in [0.25, 0.3) is 0 Å². The molecule has 0 aliphatic rings. The molecule has 2 aromatic carbocycles. The summed E-state index contributed by atoms with van der Waals surface area (Å²) in [6.45, 7) is 4.20. The van der Waals surface area contributed by atoms with Crippen molar-refractivity contribution >= 4 is 23.4 Å². The van der Waals surface area contributed by atoms with Crippen molar-refractivity contribution in [3.8, 4) is 6.07 Å². The molecule has 0 heterocycles. The number of benzene rings is 2. The maximum Gasteiger partial charge on any atom is 0.100 e. The van der Waals surface area contributed by atoms with Crippen LogP contribution in [0.4, 0.5) is 0 Å². The lowest BCUT2D eigenvalue weighted by Gasteiger charge is -2.06. The summed E-state index contributed by atoms with van der Waals surface area (Å²) in [4.78, 5) is 0.978. The molecular formula is C16H14ClNS. The second-order valence-corrected chi connectivity index (χ2v) is 5.99. The van der Waals surface area contributed by atoms with Gasteiger partial charge in [-0.15, -0.1) is 11.8 Å². The molecule has 0 aliphatic carbocycles. The van der Waals surface area contributed by atoms with Gasteiger partial charge in [0.1, 0.15) is 6.07 Å². The molecule has 0 atom stereocenters. The van der Waals surface area contributed by atoms with Crippen LogP contribution < -0.4 is 0 Å². The first-order chi connectivity index (χ1) is 9.08. The van der Waals surface area contributed by atoms with Crippen molar-refractivity contribution in [2.75, 3.05) is 0 Å². The number of hydrogen-bond acceptors (Lipinski definition) is 2. The van der Waals surface area contributed by atoms with E-state index in [2.05, 4.69) is 38.1 Å². The van der Waals surface area contributed by atoms with Crippen molar-refractivity contribution in [3.05, 3.63) is 63.7 Å². The van der Waals surface area contributed by atoms with Crippen LogP contribution >= 0.6 is 23.4 Å². The first kappa shape index (κ1) is 14.0. The Morgan fingerprint density at radius 3 is 2.42 bits per heavy atom. The molecule has 0 radical (unpaired) electrons. The van der Waals surface area contributed by atoms with Crippen molar-refractivity contribution in [1.82, 2.24) is 0 Å². The first-order valence-corrected chi connectivity index (χ1v) is 7.34. The zero-order valence-corrected chi connectivity index (χ0v) is 12.5. The lowest BCUT2D eigenvalue weighted by atomic mass is 10.1. The van der Waals surface area contributed by atoms with Crippen molar-refractivity contribution in [2.24, 2.45) is 0 Å². The number of aryl methyl sites for hydroxylation is 2. The summed E-state index contributed by atoms with van der Waals surface area (Å²) in [6.07, 6.45) is 0. The summed E-state index contributed by atoms with van der Waals surface area (Å²) < 4.78 is 0. The van der Waals surface area contributed by atoms with Crippen LogP contribution in [0.15, 0.2) is 41.3 Å². The number of nitriles is 1. The molecule has 2 aromatic rings. The molecule has 0 fully saturated rings. The SMILES string of the molecule is Cc1cc(C)cc(CSc2ccc(Cl)cc2C#N)c1. The normalized spacial score (nSPS) is 10.2. The highest BCUT2D eigenvalue weighted by molar-refractivity contribution is 7.98. The third-order valence-electron chi connectivity index (χ3n) is 2.74. The summed E-state index contributed by atoms with van der Waals surface area (Å²) in [6, 6.07) is 14.2. The number of hydrogen-bond donors (Lipinski definition) is 0. The van der Waals surface area contributed by atoms with E-state index >= 15 is 0 Å². The fraction of sp³-hybridized carbons (Fsp3) is 0.188. The van der Waals surface area contributed by atoms with Gasteiger partial charge >= 0.3 is 0 Å². The van der Waals surface area contributed by atoms with E-state index < -0.39 is 0 Å². The molecule has 0 N–H and O–H groups in total. The van der Waals surface area contributed by atoms with Gasteiger partial charge in [0.05, 0.1) is 5.56 Å². The zero-order chi connectivity index (χ0) is 13.8. The second kappa shape index (κ2) is 6.14. The Labute approximate surface area is 123 Å². The summed E-state index contributed by atoms with van der Waals surface area (Å²) in [5.41, 5.74) is 4.46. The molecule has 0 saturated heterocycles. The van der Waals surface area contributed by atoms with Crippen LogP contribution in [0.2, 0.25) is 5.02 Å². The maximum absolute atomic E-state index is 9.11. The van der Waals surface area contributed by atoms with Crippen LogP contribution in [-0.2, 0) is 5.75 Å². The molecule has 0 unspecified atom stereocenters. The van der Waals surface area contributed by atoms with Crippen LogP contribution in [0, 0.1) is 25.2 Å². The molecule has 3 heteroatoms. The smallest absolute Gasteiger partial charge is 0.100 e. The minimum Gasteiger partial charge on any atom is -0.192 e. The van der Waals surface area contributed by atoms with Gasteiger partial charge in [0.15, 0.2) is 0 Å². The van der Waals surface area contributed by atoms with E-state index in [9.17, 15) is 0 Å². The Balaban J connectivity index is 2.17. The van der Waals surface area contributed by atoms with E-state index in [0.717, 1.165) is 10.6 Å². The van der Waals surface area contributed by atoms with Gasteiger partial charge < -0.3 is 0 Å². The van der Waals surface area contributed by atoms with Crippen molar-refractivity contribution in [1.29, 1.82) is 5.26 Å². The van der Waals surface area contributed by atoms with Gasteiger partial charge in [0, 0.05) is 15.7 Å². The van der Waals surface area contributed by atoms with Gasteiger partial charge in [-0.05, 0) is 37.6 Å². The highest BCUT2D eigenvalue weighted by atomic mass is 35.5. The van der Waals surface area contributed by atoms with E-state index in [0.29, 0.717) is 10.6 Å². The van der Waals surface area contributed by atoms with E-state index in [1.54, 1.807) is 17.8 Å². The monoisotopic (exact) mass is 287 g/mol. The van der Waals surface area contributed by atoms with Crippen molar-refractivity contribution in [3.63, 3.8) is 0 Å². The summed E-state index contributed by atoms with van der Waals surface area (Å²) >= 11 is 7.56. The lowest BCUT2D eigenvalue weighted by molar-refractivity contribution is 1.29. The quantitative estimate of drug-likeness (QED) is 0.732. The predicted octanol–water partition coefficient (Wildman–Crippen LogP) is 5.12. The first-order valence-electron chi connectivity index (χ1n) is 5.98. The summed E-state index contributed by atoms with van der Waals surface area (Å²) in [5.74, 6) is 0.860. The van der Waals surface area contributed by atoms with Crippen LogP contribution in [0.5, 0.6) is 0 Å². The van der Waals surface area contributed by atoms with Crippen LogP contribution in [0.3, 0.4) is 0 Å². The fourth-order valence-corrected chi connectivity index (χ4v) is 3.11. The van der Waals surface area contributed by atoms with Crippen molar-refractivity contribution < 1.29 is 0 Å². The number of rotatable bonds is 3. The molecule has 0 bridgehead atoms. The molecular weight excluding hydrogens is 274 g/mol. The van der Waals surface area contributed by atoms with Gasteiger partial charge in [0.25, 0.3) is 0 Å². The Morgan fingerprint density at radius 1 is 1.11 bits per heavy atom. The highest BCUT2D eigenvalue weighted by Crippen LogP contribution is 2.28. The van der Waals surface area contributed by atoms with Crippen LogP contribution in [0.1, 0.15) is 22.3 Å². The molecule has 0 saturated carbocycles. The minimum atomic E-state index is 0.604. The zero-order valence-electron chi connectivity index (χ0n) is 10.9. The molecule has 0 aliphatic heterocycles. The predicted molar refractivity (Wildman–Crippen MR) is 81.6 cm³/mol. The molecule has 19 heavy (non-hydrogen) atoms. The third kappa shape index (κ3) is 3.76. The average Bonchev–Trinajstić information content (AvgIpc) is 2.36. The molecule has 1 nitrogen and oxygen atoms in total. The molecule has 0 amide bonds. The Morgan fingerprint density at radius 2 is 1.79 bits per heavy atom. The van der Waals surface area contributed by atoms with Gasteiger partial charge in [0.2, 0.25) is 0 Å². The van der Waals surface area contributed by atoms with E-state index in [-0.39, 0.29) is 0 Å². The standard InChI is InChI=1S/C16H14ClNS/c1-11-5-12(2)7-13(6-11)10-19-16-4-3-15(17)8-14(16)9-18/h3-8H,10H2,1-2H3. The van der Waals surface area contributed by atoms with Crippen molar-refractivity contribution in [2.45, 2.75) is 24.5 Å². The third-order valence-corrected chi connectivity index (χ3v) is 4.12. The minimum absolute atomic E-state index is 0.604. The van der Waals surface area contributed by atoms with E-state index in [4.69, 9.17) is 16.9 Å². The average molecular weight is 288 g/mol. The lowest BCUT2D eigenvalue weighted by Crippen LogP contribution is -1.87. The topological polar surface area (TPSA) is 23.8 Å². The second-order valence-electron chi connectivity index (χ2n) is 4.54. The van der Waals surface area contributed by atoms with Crippen LogP contribution in [-0.4, -0.2) is 0 Å². The van der Waals surface area contributed by atoms with Gasteiger partial charge in [-0.1, -0.05) is 40.9 Å². The maximum atomic E-state index is 9.11. The molecule has 0 aromatic heterocycles. The number of halogens is 1. The Hall–Kier alpha value is -1.43. The molecule has 96 valence electrons. The number of thioether (sulfide) groups is 1. The van der Waals surface area contributed by atoms with Gasteiger partial charge in [-0.25, -0.2) is 0 Å². The highest BCUT2D eigenvalue weighted by Gasteiger charge is 2.05. The largest absolute Gasteiger partial charge is 0.192 e.